The zero-order valence-electron chi connectivity index (χ0n) is 10.8. The molecule has 1 saturated carbocycles. The smallest absolute Gasteiger partial charge is 0.306 e. The van der Waals surface area contributed by atoms with Gasteiger partial charge in [-0.2, -0.15) is 0 Å². The number of ketones is 1. The molecule has 1 rings (SSSR count). The number of rotatable bonds is 7. The van der Waals surface area contributed by atoms with Gasteiger partial charge in [-0.1, -0.05) is 44.9 Å². The molecule has 0 saturated heterocycles. The van der Waals surface area contributed by atoms with E-state index in [1.807, 2.05) is 0 Å². The molecular weight excluding hydrogens is 216 g/mol. The van der Waals surface area contributed by atoms with Crippen LogP contribution in [0.4, 0.5) is 0 Å². The first-order valence-corrected chi connectivity index (χ1v) is 6.82. The number of hydrogen-bond acceptors (Lipinski definition) is 2. The molecule has 1 unspecified atom stereocenters. The van der Waals surface area contributed by atoms with Gasteiger partial charge in [0.2, 0.25) is 0 Å². The van der Waals surface area contributed by atoms with E-state index in [0.717, 1.165) is 18.8 Å². The Morgan fingerprint density at radius 2 is 1.88 bits per heavy atom. The Morgan fingerprint density at radius 1 is 1.24 bits per heavy atom. The van der Waals surface area contributed by atoms with Crippen LogP contribution in [0.3, 0.4) is 0 Å². The van der Waals surface area contributed by atoms with Crippen LogP contribution < -0.4 is 0 Å². The zero-order valence-corrected chi connectivity index (χ0v) is 10.8. The average molecular weight is 240 g/mol. The molecule has 98 valence electrons. The summed E-state index contributed by atoms with van der Waals surface area (Å²) in [4.78, 5) is 21.9. The Labute approximate surface area is 104 Å². The molecule has 0 amide bonds. The van der Waals surface area contributed by atoms with Crippen LogP contribution in [-0.2, 0) is 9.59 Å². The molecule has 0 heterocycles. The van der Waals surface area contributed by atoms with Crippen molar-refractivity contribution in [3.63, 3.8) is 0 Å². The van der Waals surface area contributed by atoms with E-state index in [1.54, 1.807) is 0 Å². The highest BCUT2D eigenvalue weighted by Gasteiger charge is 2.20. The average Bonchev–Trinajstić information content (AvgIpc) is 2.28. The monoisotopic (exact) mass is 240 g/mol. The lowest BCUT2D eigenvalue weighted by molar-refractivity contribution is -0.143. The van der Waals surface area contributed by atoms with Crippen LogP contribution in [-0.4, -0.2) is 16.9 Å². The minimum Gasteiger partial charge on any atom is -0.481 e. The molecule has 0 aromatic carbocycles. The molecule has 1 fully saturated rings. The summed E-state index contributed by atoms with van der Waals surface area (Å²) in [5, 5.41) is 9.01. The summed E-state index contributed by atoms with van der Waals surface area (Å²) < 4.78 is 0. The first-order valence-electron chi connectivity index (χ1n) is 6.82. The van der Waals surface area contributed by atoms with Crippen LogP contribution in [0.1, 0.15) is 64.7 Å². The quantitative estimate of drug-likeness (QED) is 0.741. The first-order chi connectivity index (χ1) is 8.09. The summed E-state index contributed by atoms with van der Waals surface area (Å²) in [6, 6.07) is 0. The molecule has 1 aliphatic rings. The van der Waals surface area contributed by atoms with Gasteiger partial charge in [0.15, 0.2) is 0 Å². The molecule has 0 radical (unpaired) electrons. The van der Waals surface area contributed by atoms with E-state index < -0.39 is 11.9 Å². The molecule has 3 nitrogen and oxygen atoms in total. The van der Waals surface area contributed by atoms with Crippen molar-refractivity contribution in [1.29, 1.82) is 0 Å². The van der Waals surface area contributed by atoms with Crippen LogP contribution in [0.5, 0.6) is 0 Å². The van der Waals surface area contributed by atoms with Gasteiger partial charge in [0.25, 0.3) is 0 Å². The van der Waals surface area contributed by atoms with Crippen molar-refractivity contribution >= 4 is 11.8 Å². The van der Waals surface area contributed by atoms with Gasteiger partial charge in [0.05, 0.1) is 5.92 Å². The van der Waals surface area contributed by atoms with Crippen LogP contribution in [0.15, 0.2) is 0 Å². The maximum absolute atomic E-state index is 11.0. The normalized spacial score (nSPS) is 18.9. The topological polar surface area (TPSA) is 54.4 Å². The number of aliphatic carboxylic acids is 1. The third-order valence-electron chi connectivity index (χ3n) is 3.77. The highest BCUT2D eigenvalue weighted by Crippen LogP contribution is 2.28. The van der Waals surface area contributed by atoms with E-state index in [9.17, 15) is 9.59 Å². The summed E-state index contributed by atoms with van der Waals surface area (Å²) in [6.07, 6.45) is 9.59. The number of carboxylic acid groups (broad SMARTS) is 1. The van der Waals surface area contributed by atoms with Crippen molar-refractivity contribution in [2.75, 3.05) is 0 Å². The second kappa shape index (κ2) is 7.46. The van der Waals surface area contributed by atoms with Gasteiger partial charge >= 0.3 is 5.97 Å². The molecule has 3 heteroatoms. The number of carbonyl (C=O) groups is 2. The predicted molar refractivity (Wildman–Crippen MR) is 66.8 cm³/mol. The number of Topliss-reactive ketones (excluding diaryl/α,β-unsaturated/α-hetero) is 1. The standard InChI is InChI=1S/C14H24O3/c1-11(15)10-13(14(16)17)9-5-8-12-6-3-2-4-7-12/h12-13H,2-10H2,1H3,(H,16,17). The Kier molecular flexibility index (Phi) is 6.23. The van der Waals surface area contributed by atoms with E-state index in [4.69, 9.17) is 5.11 Å². The molecule has 17 heavy (non-hydrogen) atoms. The molecule has 0 spiro atoms. The second-order valence-corrected chi connectivity index (χ2v) is 5.38. The van der Waals surface area contributed by atoms with Gasteiger partial charge in [0.1, 0.15) is 5.78 Å². The van der Waals surface area contributed by atoms with E-state index in [-0.39, 0.29) is 12.2 Å². The largest absolute Gasteiger partial charge is 0.481 e. The Hall–Kier alpha value is -0.860. The van der Waals surface area contributed by atoms with Gasteiger partial charge in [-0.3, -0.25) is 4.79 Å². The lowest BCUT2D eigenvalue weighted by Gasteiger charge is -2.21. The highest BCUT2D eigenvalue weighted by atomic mass is 16.4. The Bertz CT molecular complexity index is 254. The SMILES string of the molecule is CC(=O)CC(CCCC1CCCCC1)C(=O)O. The summed E-state index contributed by atoms with van der Waals surface area (Å²) in [5.41, 5.74) is 0. The van der Waals surface area contributed by atoms with Crippen molar-refractivity contribution in [1.82, 2.24) is 0 Å². The van der Waals surface area contributed by atoms with Crippen molar-refractivity contribution in [3.8, 4) is 0 Å². The lowest BCUT2D eigenvalue weighted by Crippen LogP contribution is -2.17. The van der Waals surface area contributed by atoms with E-state index in [0.29, 0.717) is 6.42 Å². The molecule has 1 aliphatic carbocycles. The minimum absolute atomic E-state index is 0.0185. The Morgan fingerprint density at radius 3 is 2.41 bits per heavy atom. The van der Waals surface area contributed by atoms with E-state index in [1.165, 1.54) is 39.0 Å². The third kappa shape index (κ3) is 5.85. The summed E-state index contributed by atoms with van der Waals surface area (Å²) in [5.74, 6) is -0.495. The molecule has 1 N–H and O–H groups in total. The van der Waals surface area contributed by atoms with E-state index >= 15 is 0 Å². The van der Waals surface area contributed by atoms with Crippen LogP contribution >= 0.6 is 0 Å². The molecule has 0 bridgehead atoms. The molecular formula is C14H24O3. The maximum atomic E-state index is 11.0. The fraction of sp³-hybridized carbons (Fsp3) is 0.857. The Balaban J connectivity index is 2.21. The van der Waals surface area contributed by atoms with Crippen LogP contribution in [0, 0.1) is 11.8 Å². The number of carbonyl (C=O) groups excluding carboxylic acids is 1. The number of carboxylic acids is 1. The van der Waals surface area contributed by atoms with Gasteiger partial charge in [-0.25, -0.2) is 0 Å². The van der Waals surface area contributed by atoms with Crippen LogP contribution in [0.25, 0.3) is 0 Å². The van der Waals surface area contributed by atoms with Crippen LogP contribution in [0.2, 0.25) is 0 Å². The number of hydrogen-bond donors (Lipinski definition) is 1. The predicted octanol–water partition coefficient (Wildman–Crippen LogP) is 3.42. The third-order valence-corrected chi connectivity index (χ3v) is 3.77. The van der Waals surface area contributed by atoms with Crippen molar-refractivity contribution in [3.05, 3.63) is 0 Å². The van der Waals surface area contributed by atoms with Gasteiger partial charge in [-0.15, -0.1) is 0 Å². The van der Waals surface area contributed by atoms with Crippen molar-refractivity contribution in [2.24, 2.45) is 11.8 Å². The van der Waals surface area contributed by atoms with E-state index in [2.05, 4.69) is 0 Å². The fourth-order valence-corrected chi connectivity index (χ4v) is 2.79. The second-order valence-electron chi connectivity index (χ2n) is 5.38. The summed E-state index contributed by atoms with van der Waals surface area (Å²) >= 11 is 0. The molecule has 0 aromatic rings. The lowest BCUT2D eigenvalue weighted by atomic mass is 9.84. The first kappa shape index (κ1) is 14.2. The van der Waals surface area contributed by atoms with Crippen molar-refractivity contribution in [2.45, 2.75) is 64.7 Å². The van der Waals surface area contributed by atoms with Crippen molar-refractivity contribution < 1.29 is 14.7 Å². The maximum Gasteiger partial charge on any atom is 0.306 e. The molecule has 0 aromatic heterocycles. The minimum atomic E-state index is -0.816. The molecule has 1 atom stereocenters. The summed E-state index contributed by atoms with van der Waals surface area (Å²) in [6.45, 7) is 1.47. The molecule has 0 aliphatic heterocycles. The zero-order chi connectivity index (χ0) is 12.7. The van der Waals surface area contributed by atoms with Gasteiger partial charge in [0, 0.05) is 6.42 Å². The highest BCUT2D eigenvalue weighted by molar-refractivity contribution is 5.81. The fourth-order valence-electron chi connectivity index (χ4n) is 2.79. The van der Waals surface area contributed by atoms with Gasteiger partial charge in [-0.05, 0) is 19.3 Å². The summed E-state index contributed by atoms with van der Waals surface area (Å²) in [7, 11) is 0. The van der Waals surface area contributed by atoms with Gasteiger partial charge < -0.3 is 9.90 Å².